The Labute approximate surface area is 161 Å². The first-order chi connectivity index (χ1) is 12.6. The second kappa shape index (κ2) is 7.03. The Morgan fingerprint density at radius 1 is 1.08 bits per heavy atom. The first-order valence-corrected chi connectivity index (χ1v) is 9.47. The molecule has 0 atom stereocenters. The summed E-state index contributed by atoms with van der Waals surface area (Å²) in [6.45, 7) is 4.18. The largest absolute Gasteiger partial charge is 0.351 e. The van der Waals surface area contributed by atoms with E-state index >= 15 is 0 Å². The average molecular weight is 410 g/mol. The van der Waals surface area contributed by atoms with Gasteiger partial charge >= 0.3 is 0 Å². The quantitative estimate of drug-likeness (QED) is 0.603. The molecule has 2 heterocycles. The number of anilines is 3. The highest BCUT2D eigenvalue weighted by molar-refractivity contribution is 9.10. The van der Waals surface area contributed by atoms with Crippen LogP contribution in [-0.2, 0) is 0 Å². The number of hydrogen-bond donors (Lipinski definition) is 2. The van der Waals surface area contributed by atoms with Crippen molar-refractivity contribution in [3.8, 4) is 11.3 Å². The van der Waals surface area contributed by atoms with Gasteiger partial charge in [-0.2, -0.15) is 4.98 Å². The predicted molar refractivity (Wildman–Crippen MR) is 109 cm³/mol. The maximum Gasteiger partial charge on any atom is 0.225 e. The molecule has 1 fully saturated rings. The van der Waals surface area contributed by atoms with E-state index in [2.05, 4.69) is 67.5 Å². The van der Waals surface area contributed by atoms with Gasteiger partial charge in [-0.1, -0.05) is 15.9 Å². The zero-order valence-corrected chi connectivity index (χ0v) is 16.3. The number of aryl methyl sites for hydroxylation is 2. The van der Waals surface area contributed by atoms with E-state index in [4.69, 9.17) is 0 Å². The van der Waals surface area contributed by atoms with E-state index in [0.717, 1.165) is 38.4 Å². The van der Waals surface area contributed by atoms with Gasteiger partial charge in [0.05, 0.1) is 5.69 Å². The lowest BCUT2D eigenvalue weighted by atomic mass is 10.1. The molecule has 1 saturated carbocycles. The lowest BCUT2D eigenvalue weighted by Crippen LogP contribution is -2.08. The van der Waals surface area contributed by atoms with Gasteiger partial charge in [0.2, 0.25) is 5.95 Å². The first kappa shape index (κ1) is 17.0. The molecule has 1 aliphatic rings. The third-order valence-corrected chi connectivity index (χ3v) is 4.80. The smallest absolute Gasteiger partial charge is 0.225 e. The van der Waals surface area contributed by atoms with Gasteiger partial charge in [0.25, 0.3) is 0 Å². The van der Waals surface area contributed by atoms with Crippen LogP contribution < -0.4 is 10.6 Å². The zero-order valence-electron chi connectivity index (χ0n) is 14.8. The number of halogens is 1. The number of nitrogens with zero attached hydrogens (tertiary/aromatic N) is 3. The van der Waals surface area contributed by atoms with Crippen molar-refractivity contribution in [2.24, 2.45) is 0 Å². The van der Waals surface area contributed by atoms with Crippen molar-refractivity contribution >= 4 is 33.4 Å². The Balaban J connectivity index is 1.73. The number of hydrogen-bond acceptors (Lipinski definition) is 5. The monoisotopic (exact) mass is 409 g/mol. The maximum atomic E-state index is 4.67. The lowest BCUT2D eigenvalue weighted by molar-refractivity contribution is 1.06. The van der Waals surface area contributed by atoms with Crippen LogP contribution in [0.1, 0.15) is 24.0 Å². The van der Waals surface area contributed by atoms with Crippen LogP contribution >= 0.6 is 15.9 Å². The third kappa shape index (κ3) is 3.85. The van der Waals surface area contributed by atoms with Crippen LogP contribution in [-0.4, -0.2) is 21.0 Å². The number of pyridine rings is 1. The molecule has 132 valence electrons. The third-order valence-electron chi connectivity index (χ3n) is 4.34. The summed E-state index contributed by atoms with van der Waals surface area (Å²) in [7, 11) is 0. The molecule has 6 heteroatoms. The molecule has 0 saturated heterocycles. The standard InChI is InChI=1S/C20H20BrN5/c1-12-8-15(21)9-13(2)19(12)25-18-10-17(14-4-3-7-22-11-14)24-20(26-18)23-16-5-6-16/h3-4,7-11,16H,5-6H2,1-2H3,(H2,23,24,25,26). The summed E-state index contributed by atoms with van der Waals surface area (Å²) in [5.74, 6) is 1.43. The Morgan fingerprint density at radius 3 is 2.50 bits per heavy atom. The Morgan fingerprint density at radius 2 is 1.85 bits per heavy atom. The molecule has 1 aliphatic carbocycles. The van der Waals surface area contributed by atoms with Gasteiger partial charge in [0, 0.05) is 40.2 Å². The van der Waals surface area contributed by atoms with Crippen LogP contribution in [0.4, 0.5) is 17.5 Å². The van der Waals surface area contributed by atoms with Crippen molar-refractivity contribution in [3.63, 3.8) is 0 Å². The summed E-state index contributed by atoms with van der Waals surface area (Å²) in [5.41, 5.74) is 5.22. The molecule has 5 nitrogen and oxygen atoms in total. The fraction of sp³-hybridized carbons (Fsp3) is 0.250. The zero-order chi connectivity index (χ0) is 18.1. The van der Waals surface area contributed by atoms with Crippen molar-refractivity contribution in [2.75, 3.05) is 10.6 Å². The molecule has 0 amide bonds. The molecule has 4 rings (SSSR count). The molecular formula is C20H20BrN5. The van der Waals surface area contributed by atoms with E-state index in [1.54, 1.807) is 6.20 Å². The minimum atomic E-state index is 0.489. The van der Waals surface area contributed by atoms with E-state index in [9.17, 15) is 0 Å². The summed E-state index contributed by atoms with van der Waals surface area (Å²) in [5, 5.41) is 6.88. The minimum Gasteiger partial charge on any atom is -0.351 e. The van der Waals surface area contributed by atoms with Gasteiger partial charge in [-0.15, -0.1) is 0 Å². The van der Waals surface area contributed by atoms with Crippen molar-refractivity contribution in [1.82, 2.24) is 15.0 Å². The number of benzene rings is 1. The summed E-state index contributed by atoms with van der Waals surface area (Å²) in [6, 6.07) is 10.6. The predicted octanol–water partition coefficient (Wildman–Crippen LogP) is 5.24. The van der Waals surface area contributed by atoms with E-state index in [1.807, 2.05) is 24.4 Å². The SMILES string of the molecule is Cc1cc(Br)cc(C)c1Nc1cc(-c2cccnc2)nc(NC2CC2)n1. The number of rotatable bonds is 5. The van der Waals surface area contributed by atoms with Gasteiger partial charge in [0.15, 0.2) is 0 Å². The molecule has 2 N–H and O–H groups in total. The summed E-state index contributed by atoms with van der Waals surface area (Å²) >= 11 is 3.55. The normalized spacial score (nSPS) is 13.5. The molecule has 0 aliphatic heterocycles. The van der Waals surface area contributed by atoms with Gasteiger partial charge in [0.1, 0.15) is 5.82 Å². The van der Waals surface area contributed by atoms with Crippen molar-refractivity contribution in [3.05, 3.63) is 58.3 Å². The van der Waals surface area contributed by atoms with Crippen molar-refractivity contribution in [1.29, 1.82) is 0 Å². The topological polar surface area (TPSA) is 62.7 Å². The fourth-order valence-electron chi connectivity index (χ4n) is 2.88. The van der Waals surface area contributed by atoms with Crippen LogP contribution in [0.15, 0.2) is 47.2 Å². The molecular weight excluding hydrogens is 390 g/mol. The minimum absolute atomic E-state index is 0.489. The lowest BCUT2D eigenvalue weighted by Gasteiger charge is -2.15. The molecule has 26 heavy (non-hydrogen) atoms. The number of nitrogens with one attached hydrogen (secondary N) is 2. The first-order valence-electron chi connectivity index (χ1n) is 8.68. The molecule has 0 bridgehead atoms. The average Bonchev–Trinajstić information content (AvgIpc) is 3.43. The van der Waals surface area contributed by atoms with E-state index in [0.29, 0.717) is 12.0 Å². The summed E-state index contributed by atoms with van der Waals surface area (Å²) in [4.78, 5) is 13.6. The van der Waals surface area contributed by atoms with Crippen LogP contribution in [0, 0.1) is 13.8 Å². The van der Waals surface area contributed by atoms with E-state index in [1.165, 1.54) is 12.8 Å². The molecule has 0 unspecified atom stereocenters. The van der Waals surface area contributed by atoms with Crippen molar-refractivity contribution in [2.45, 2.75) is 32.7 Å². The highest BCUT2D eigenvalue weighted by atomic mass is 79.9. The fourth-order valence-corrected chi connectivity index (χ4v) is 3.57. The molecule has 0 spiro atoms. The van der Waals surface area contributed by atoms with Crippen LogP contribution in [0.5, 0.6) is 0 Å². The second-order valence-corrected chi connectivity index (χ2v) is 7.58. The van der Waals surface area contributed by atoms with Gasteiger partial charge in [-0.25, -0.2) is 4.98 Å². The van der Waals surface area contributed by atoms with Gasteiger partial charge in [-0.05, 0) is 62.1 Å². The van der Waals surface area contributed by atoms with Crippen molar-refractivity contribution < 1.29 is 0 Å². The Kier molecular flexibility index (Phi) is 4.59. The molecule has 2 aromatic heterocycles. The Bertz CT molecular complexity index is 915. The molecule has 3 aromatic rings. The van der Waals surface area contributed by atoms with Gasteiger partial charge in [-0.3, -0.25) is 4.98 Å². The molecule has 1 aromatic carbocycles. The highest BCUT2D eigenvalue weighted by Gasteiger charge is 2.22. The Hall–Kier alpha value is -2.47. The second-order valence-electron chi connectivity index (χ2n) is 6.66. The number of aromatic nitrogens is 3. The van der Waals surface area contributed by atoms with Crippen LogP contribution in [0.3, 0.4) is 0 Å². The van der Waals surface area contributed by atoms with Crippen LogP contribution in [0.2, 0.25) is 0 Å². The summed E-state index contributed by atoms with van der Waals surface area (Å²) in [6.07, 6.45) is 5.94. The van der Waals surface area contributed by atoms with E-state index in [-0.39, 0.29) is 0 Å². The summed E-state index contributed by atoms with van der Waals surface area (Å²) < 4.78 is 1.08. The van der Waals surface area contributed by atoms with Gasteiger partial charge < -0.3 is 10.6 Å². The molecule has 0 radical (unpaired) electrons. The van der Waals surface area contributed by atoms with Crippen LogP contribution in [0.25, 0.3) is 11.3 Å². The maximum absolute atomic E-state index is 4.67. The van der Waals surface area contributed by atoms with E-state index < -0.39 is 0 Å². The highest BCUT2D eigenvalue weighted by Crippen LogP contribution is 2.30.